The Kier molecular flexibility index (Phi) is 8.64. The van der Waals surface area contributed by atoms with E-state index in [-0.39, 0.29) is 23.9 Å². The van der Waals surface area contributed by atoms with Crippen LogP contribution in [0.1, 0.15) is 51.9 Å². The molecule has 2 amide bonds. The minimum Gasteiger partial charge on any atom is -0.329 e. The van der Waals surface area contributed by atoms with Crippen molar-refractivity contribution in [3.05, 3.63) is 30.3 Å². The van der Waals surface area contributed by atoms with Gasteiger partial charge in [-0.05, 0) is 45.6 Å². The van der Waals surface area contributed by atoms with Crippen molar-refractivity contribution in [1.82, 2.24) is 25.1 Å². The van der Waals surface area contributed by atoms with E-state index in [1.807, 2.05) is 42.3 Å². The first kappa shape index (κ1) is 24.8. The van der Waals surface area contributed by atoms with Gasteiger partial charge in [0, 0.05) is 36.2 Å². The van der Waals surface area contributed by atoms with Gasteiger partial charge in [-0.1, -0.05) is 54.1 Å². The largest absolute Gasteiger partial charge is 0.329 e. The van der Waals surface area contributed by atoms with E-state index in [1.165, 1.54) is 30.8 Å². The highest BCUT2D eigenvalue weighted by Crippen LogP contribution is 2.31. The number of likely N-dealkylation sites (tertiary alicyclic amines) is 1. The molecule has 4 rings (SSSR count). The predicted molar refractivity (Wildman–Crippen MR) is 136 cm³/mol. The number of hydrogen-bond acceptors (Lipinski definition) is 7. The molecule has 184 valence electrons. The third kappa shape index (κ3) is 5.82. The van der Waals surface area contributed by atoms with Crippen LogP contribution in [0.5, 0.6) is 0 Å². The molecule has 2 aliphatic rings. The quantitative estimate of drug-likeness (QED) is 0.505. The molecule has 3 N–H and O–H groups in total. The molecule has 0 bridgehead atoms. The molecule has 1 aliphatic heterocycles. The first-order chi connectivity index (χ1) is 16.6. The van der Waals surface area contributed by atoms with Crippen LogP contribution in [-0.2, 0) is 9.59 Å². The number of benzene rings is 1. The van der Waals surface area contributed by atoms with Crippen LogP contribution >= 0.6 is 11.5 Å². The predicted octanol–water partition coefficient (Wildman–Crippen LogP) is 3.28. The summed E-state index contributed by atoms with van der Waals surface area (Å²) in [5.41, 5.74) is 1.57. The van der Waals surface area contributed by atoms with Crippen LogP contribution in [0, 0.1) is 5.92 Å². The highest BCUT2D eigenvalue weighted by Gasteiger charge is 2.40. The molecule has 8 nitrogen and oxygen atoms in total. The fraction of sp³-hybridized carbons (Fsp3) is 0.600. The molecule has 1 saturated heterocycles. The Morgan fingerprint density at radius 3 is 2.62 bits per heavy atom. The second-order valence-electron chi connectivity index (χ2n) is 9.47. The van der Waals surface area contributed by atoms with Crippen molar-refractivity contribution < 1.29 is 9.59 Å². The van der Waals surface area contributed by atoms with Crippen molar-refractivity contribution in [2.24, 2.45) is 5.92 Å². The van der Waals surface area contributed by atoms with E-state index in [1.54, 1.807) is 0 Å². The van der Waals surface area contributed by atoms with Crippen LogP contribution in [0.3, 0.4) is 0 Å². The van der Waals surface area contributed by atoms with E-state index < -0.39 is 6.04 Å². The Balaban J connectivity index is 1.47. The maximum absolute atomic E-state index is 13.8. The van der Waals surface area contributed by atoms with Crippen LogP contribution in [-0.4, -0.2) is 64.6 Å². The molecule has 1 aromatic carbocycles. The number of carbonyl (C=O) groups is 2. The lowest BCUT2D eigenvalue weighted by Gasteiger charge is -2.35. The van der Waals surface area contributed by atoms with Crippen molar-refractivity contribution >= 4 is 28.3 Å². The Morgan fingerprint density at radius 1 is 1.12 bits per heavy atom. The Hall–Kier alpha value is -2.36. The average Bonchev–Trinajstić information content (AvgIpc) is 3.55. The van der Waals surface area contributed by atoms with Crippen LogP contribution in [0.2, 0.25) is 0 Å². The number of carbonyl (C=O) groups excluding carboxylic acids is 2. The summed E-state index contributed by atoms with van der Waals surface area (Å²) in [7, 11) is 1.93. The van der Waals surface area contributed by atoms with Gasteiger partial charge in [-0.25, -0.2) is 0 Å². The number of amides is 2. The molecule has 3 atom stereocenters. The summed E-state index contributed by atoms with van der Waals surface area (Å²) in [4.78, 5) is 28.9. The molecule has 1 aliphatic carbocycles. The minimum absolute atomic E-state index is 0.0681. The zero-order valence-corrected chi connectivity index (χ0v) is 20.9. The SMILES string of the molecule is CNC(C)CN[C@H](C(=O)N1CCC[C@H]1C(=O)Nc1snnc1-c1ccccc1)C1CCCCC1. The van der Waals surface area contributed by atoms with Gasteiger partial charge in [0.2, 0.25) is 11.8 Å². The van der Waals surface area contributed by atoms with Crippen molar-refractivity contribution in [2.75, 3.05) is 25.5 Å². The number of anilines is 1. The molecule has 2 aromatic rings. The molecule has 0 radical (unpaired) electrons. The molecular weight excluding hydrogens is 448 g/mol. The third-order valence-electron chi connectivity index (χ3n) is 7.13. The summed E-state index contributed by atoms with van der Waals surface area (Å²) in [5, 5.41) is 14.7. The fourth-order valence-electron chi connectivity index (χ4n) is 5.06. The smallest absolute Gasteiger partial charge is 0.247 e. The van der Waals surface area contributed by atoms with E-state index in [0.29, 0.717) is 29.6 Å². The second kappa shape index (κ2) is 11.9. The van der Waals surface area contributed by atoms with Crippen molar-refractivity contribution in [3.8, 4) is 11.3 Å². The number of nitrogens with zero attached hydrogens (tertiary/aromatic N) is 3. The van der Waals surface area contributed by atoms with Gasteiger partial charge in [0.05, 0.1) is 6.04 Å². The van der Waals surface area contributed by atoms with Gasteiger partial charge >= 0.3 is 0 Å². The maximum Gasteiger partial charge on any atom is 0.247 e. The Morgan fingerprint density at radius 2 is 1.88 bits per heavy atom. The zero-order chi connectivity index (χ0) is 23.9. The molecule has 1 saturated carbocycles. The third-order valence-corrected chi connectivity index (χ3v) is 7.78. The first-order valence-electron chi connectivity index (χ1n) is 12.5. The monoisotopic (exact) mass is 484 g/mol. The van der Waals surface area contributed by atoms with Crippen LogP contribution < -0.4 is 16.0 Å². The second-order valence-corrected chi connectivity index (χ2v) is 10.2. The van der Waals surface area contributed by atoms with E-state index >= 15 is 0 Å². The summed E-state index contributed by atoms with van der Waals surface area (Å²) in [6.45, 7) is 3.45. The Labute approximate surface area is 206 Å². The molecule has 34 heavy (non-hydrogen) atoms. The molecule has 2 heterocycles. The van der Waals surface area contributed by atoms with Gasteiger partial charge in [0.25, 0.3) is 0 Å². The molecule has 1 aromatic heterocycles. The summed E-state index contributed by atoms with van der Waals surface area (Å²) in [6.07, 6.45) is 7.22. The van der Waals surface area contributed by atoms with Gasteiger partial charge in [-0.2, -0.15) is 0 Å². The highest BCUT2D eigenvalue weighted by atomic mass is 32.1. The van der Waals surface area contributed by atoms with Crippen LogP contribution in [0.4, 0.5) is 5.00 Å². The minimum atomic E-state index is -0.465. The van der Waals surface area contributed by atoms with Gasteiger partial charge in [-0.15, -0.1) is 5.10 Å². The van der Waals surface area contributed by atoms with E-state index in [0.717, 1.165) is 31.4 Å². The van der Waals surface area contributed by atoms with Crippen LogP contribution in [0.25, 0.3) is 11.3 Å². The summed E-state index contributed by atoms with van der Waals surface area (Å²) in [6, 6.07) is 9.27. The number of rotatable bonds is 9. The topological polar surface area (TPSA) is 99.2 Å². The number of nitrogens with one attached hydrogen (secondary N) is 3. The summed E-state index contributed by atoms with van der Waals surface area (Å²) >= 11 is 1.17. The molecular formula is C25H36N6O2S. The van der Waals surface area contributed by atoms with Gasteiger partial charge < -0.3 is 20.9 Å². The number of aromatic nitrogens is 2. The van der Waals surface area contributed by atoms with Crippen molar-refractivity contribution in [2.45, 2.75) is 70.0 Å². The number of hydrogen-bond donors (Lipinski definition) is 3. The first-order valence-corrected chi connectivity index (χ1v) is 13.3. The van der Waals surface area contributed by atoms with E-state index in [2.05, 4.69) is 32.5 Å². The summed E-state index contributed by atoms with van der Waals surface area (Å²) in [5.74, 6) is 0.239. The van der Waals surface area contributed by atoms with Crippen molar-refractivity contribution in [1.29, 1.82) is 0 Å². The summed E-state index contributed by atoms with van der Waals surface area (Å²) < 4.78 is 4.05. The Bertz CT molecular complexity index is 946. The van der Waals surface area contributed by atoms with E-state index in [9.17, 15) is 9.59 Å². The number of likely N-dealkylation sites (N-methyl/N-ethyl adjacent to an activating group) is 1. The fourth-order valence-corrected chi connectivity index (χ4v) is 5.66. The van der Waals surface area contributed by atoms with Gasteiger partial charge in [-0.3, -0.25) is 9.59 Å². The van der Waals surface area contributed by atoms with Crippen molar-refractivity contribution in [3.63, 3.8) is 0 Å². The molecule has 9 heteroatoms. The van der Waals surface area contributed by atoms with Crippen LogP contribution in [0.15, 0.2) is 30.3 Å². The van der Waals surface area contributed by atoms with E-state index in [4.69, 9.17) is 0 Å². The van der Waals surface area contributed by atoms with Gasteiger partial charge in [0.1, 0.15) is 16.7 Å². The molecule has 2 fully saturated rings. The lowest BCUT2D eigenvalue weighted by atomic mass is 9.83. The standard InChI is InChI=1S/C25H36N6O2S/c1-17(26-2)16-27-22(19-12-7-4-8-13-19)25(33)31-15-9-14-20(31)23(32)28-24-21(29-30-34-24)18-10-5-3-6-11-18/h3,5-6,10-11,17,19-20,22,26-27H,4,7-9,12-16H2,1-2H3,(H,28,32)/t17?,20-,22-/m0/s1. The zero-order valence-electron chi connectivity index (χ0n) is 20.1. The lowest BCUT2D eigenvalue weighted by molar-refractivity contribution is -0.140. The average molecular weight is 485 g/mol. The maximum atomic E-state index is 13.8. The normalized spacial score (nSPS) is 20.8. The molecule has 1 unspecified atom stereocenters. The highest BCUT2D eigenvalue weighted by molar-refractivity contribution is 7.10. The lowest BCUT2D eigenvalue weighted by Crippen LogP contribution is -2.55. The molecule has 0 spiro atoms. The van der Waals surface area contributed by atoms with Gasteiger partial charge in [0.15, 0.2) is 0 Å².